The van der Waals surface area contributed by atoms with Crippen LogP contribution in [0, 0.1) is 0 Å². The smallest absolute Gasteiger partial charge is 0.422 e. The summed E-state index contributed by atoms with van der Waals surface area (Å²) >= 11 is 0. The van der Waals surface area contributed by atoms with Crippen LogP contribution in [0.5, 0.6) is 5.75 Å². The standard InChI is InChI=1S/C14H12F3NO3/c15-14(16,17)9-21-12-3-1-10(2-4-12)7-18-13(19)11-5-6-20-8-11/h1-6,8H,7,9H2,(H,18,19). The summed E-state index contributed by atoms with van der Waals surface area (Å²) in [6.45, 7) is -1.08. The fourth-order valence-corrected chi connectivity index (χ4v) is 1.55. The molecule has 0 spiro atoms. The summed E-state index contributed by atoms with van der Waals surface area (Å²) in [6, 6.07) is 7.54. The summed E-state index contributed by atoms with van der Waals surface area (Å²) in [5, 5.41) is 2.66. The summed E-state index contributed by atoms with van der Waals surface area (Å²) < 4.78 is 45.3. The Labute approximate surface area is 118 Å². The predicted molar refractivity (Wildman–Crippen MR) is 67.9 cm³/mol. The fourth-order valence-electron chi connectivity index (χ4n) is 1.55. The molecule has 0 bridgehead atoms. The van der Waals surface area contributed by atoms with E-state index in [1.165, 1.54) is 30.7 Å². The number of nitrogens with one attached hydrogen (secondary N) is 1. The van der Waals surface area contributed by atoms with Crippen molar-refractivity contribution in [3.63, 3.8) is 0 Å². The van der Waals surface area contributed by atoms with Crippen molar-refractivity contribution in [1.29, 1.82) is 0 Å². The number of carbonyl (C=O) groups is 1. The van der Waals surface area contributed by atoms with E-state index in [-0.39, 0.29) is 18.2 Å². The maximum atomic E-state index is 12.0. The molecule has 0 aliphatic carbocycles. The number of carbonyl (C=O) groups excluding carboxylic acids is 1. The van der Waals surface area contributed by atoms with Gasteiger partial charge < -0.3 is 14.5 Å². The average molecular weight is 299 g/mol. The lowest BCUT2D eigenvalue weighted by molar-refractivity contribution is -0.153. The highest BCUT2D eigenvalue weighted by Gasteiger charge is 2.28. The molecule has 0 aliphatic heterocycles. The van der Waals surface area contributed by atoms with Gasteiger partial charge in [-0.05, 0) is 23.8 Å². The van der Waals surface area contributed by atoms with Crippen molar-refractivity contribution >= 4 is 5.91 Å². The Kier molecular flexibility index (Phi) is 4.52. The van der Waals surface area contributed by atoms with Crippen molar-refractivity contribution in [3.05, 3.63) is 54.0 Å². The van der Waals surface area contributed by atoms with Crippen molar-refractivity contribution < 1.29 is 27.1 Å². The Bertz CT molecular complexity index is 577. The van der Waals surface area contributed by atoms with Crippen LogP contribution in [-0.2, 0) is 6.54 Å². The highest BCUT2D eigenvalue weighted by molar-refractivity contribution is 5.93. The minimum absolute atomic E-state index is 0.122. The molecule has 1 aromatic carbocycles. The Morgan fingerprint density at radius 1 is 1.19 bits per heavy atom. The van der Waals surface area contributed by atoms with Gasteiger partial charge in [0.15, 0.2) is 6.61 Å². The van der Waals surface area contributed by atoms with E-state index in [2.05, 4.69) is 10.1 Å². The molecule has 4 nitrogen and oxygen atoms in total. The summed E-state index contributed by atoms with van der Waals surface area (Å²) in [7, 11) is 0. The Balaban J connectivity index is 1.84. The van der Waals surface area contributed by atoms with Gasteiger partial charge in [-0.3, -0.25) is 4.79 Å². The van der Waals surface area contributed by atoms with Crippen molar-refractivity contribution in [2.45, 2.75) is 12.7 Å². The van der Waals surface area contributed by atoms with E-state index in [0.29, 0.717) is 5.56 Å². The minimum Gasteiger partial charge on any atom is -0.484 e. The Morgan fingerprint density at radius 2 is 1.90 bits per heavy atom. The highest BCUT2D eigenvalue weighted by Crippen LogP contribution is 2.18. The van der Waals surface area contributed by atoms with E-state index >= 15 is 0 Å². The number of halogens is 3. The molecule has 0 saturated carbocycles. The molecule has 0 aliphatic rings. The summed E-state index contributed by atoms with van der Waals surface area (Å²) in [5.41, 5.74) is 1.14. The quantitative estimate of drug-likeness (QED) is 0.922. The van der Waals surface area contributed by atoms with Gasteiger partial charge in [-0.1, -0.05) is 12.1 Å². The molecule has 21 heavy (non-hydrogen) atoms. The van der Waals surface area contributed by atoms with Crippen molar-refractivity contribution in [1.82, 2.24) is 5.32 Å². The molecule has 2 aromatic rings. The molecule has 1 aromatic heterocycles. The minimum atomic E-state index is -4.36. The zero-order chi connectivity index (χ0) is 15.3. The molecule has 0 fully saturated rings. The lowest BCUT2D eigenvalue weighted by Crippen LogP contribution is -2.22. The Morgan fingerprint density at radius 3 is 2.48 bits per heavy atom. The number of benzene rings is 1. The van der Waals surface area contributed by atoms with Gasteiger partial charge in [-0.15, -0.1) is 0 Å². The van der Waals surface area contributed by atoms with Gasteiger partial charge >= 0.3 is 6.18 Å². The van der Waals surface area contributed by atoms with E-state index in [9.17, 15) is 18.0 Å². The first-order chi connectivity index (χ1) is 9.94. The molecule has 2 rings (SSSR count). The molecule has 0 saturated heterocycles. The fraction of sp³-hybridized carbons (Fsp3) is 0.214. The molecule has 112 valence electrons. The van der Waals surface area contributed by atoms with Crippen LogP contribution in [0.15, 0.2) is 47.3 Å². The number of hydrogen-bond donors (Lipinski definition) is 1. The number of rotatable bonds is 5. The molecule has 1 heterocycles. The Hall–Kier alpha value is -2.44. The van der Waals surface area contributed by atoms with Crippen LogP contribution in [0.2, 0.25) is 0 Å². The molecule has 0 unspecified atom stereocenters. The second kappa shape index (κ2) is 6.34. The third kappa shape index (κ3) is 4.87. The van der Waals surface area contributed by atoms with Crippen molar-refractivity contribution in [2.24, 2.45) is 0 Å². The van der Waals surface area contributed by atoms with Gasteiger partial charge in [0.2, 0.25) is 0 Å². The van der Waals surface area contributed by atoms with E-state index in [4.69, 9.17) is 4.42 Å². The molecule has 7 heteroatoms. The largest absolute Gasteiger partial charge is 0.484 e. The van der Waals surface area contributed by atoms with Gasteiger partial charge in [0.25, 0.3) is 5.91 Å². The maximum Gasteiger partial charge on any atom is 0.422 e. The first-order valence-corrected chi connectivity index (χ1v) is 6.03. The maximum absolute atomic E-state index is 12.0. The number of hydrogen-bond acceptors (Lipinski definition) is 3. The SMILES string of the molecule is O=C(NCc1ccc(OCC(F)(F)F)cc1)c1ccoc1. The number of alkyl halides is 3. The third-order valence-electron chi connectivity index (χ3n) is 2.56. The summed E-state index contributed by atoms with van der Waals surface area (Å²) in [5.74, 6) is -0.168. The van der Waals surface area contributed by atoms with E-state index in [1.807, 2.05) is 0 Å². The highest BCUT2D eigenvalue weighted by atomic mass is 19.4. The number of ether oxygens (including phenoxy) is 1. The van der Waals surface area contributed by atoms with Crippen LogP contribution >= 0.6 is 0 Å². The molecule has 0 radical (unpaired) electrons. The van der Waals surface area contributed by atoms with Crippen LogP contribution in [-0.4, -0.2) is 18.7 Å². The normalized spacial score (nSPS) is 11.2. The average Bonchev–Trinajstić information content (AvgIpc) is 2.97. The summed E-state index contributed by atoms with van der Waals surface area (Å²) in [4.78, 5) is 11.6. The molecule has 1 N–H and O–H groups in total. The van der Waals surface area contributed by atoms with Crippen molar-refractivity contribution in [2.75, 3.05) is 6.61 Å². The molecule has 0 atom stereocenters. The molecule has 1 amide bonds. The van der Waals surface area contributed by atoms with Crippen molar-refractivity contribution in [3.8, 4) is 5.75 Å². The van der Waals surface area contributed by atoms with Crippen LogP contribution in [0.1, 0.15) is 15.9 Å². The first kappa shape index (κ1) is 15.0. The summed E-state index contributed by atoms with van der Waals surface area (Å²) in [6.07, 6.45) is -1.65. The van der Waals surface area contributed by atoms with Crippen LogP contribution in [0.25, 0.3) is 0 Å². The first-order valence-electron chi connectivity index (χ1n) is 6.03. The van der Waals surface area contributed by atoms with Gasteiger partial charge in [0, 0.05) is 6.54 Å². The topological polar surface area (TPSA) is 51.5 Å². The lowest BCUT2D eigenvalue weighted by atomic mass is 10.2. The zero-order valence-corrected chi connectivity index (χ0v) is 10.8. The number of furan rings is 1. The second-order valence-corrected chi connectivity index (χ2v) is 4.24. The second-order valence-electron chi connectivity index (χ2n) is 4.24. The molecular formula is C14H12F3NO3. The molecular weight excluding hydrogens is 287 g/mol. The van der Waals surface area contributed by atoms with E-state index in [1.54, 1.807) is 12.1 Å². The van der Waals surface area contributed by atoms with Gasteiger partial charge in [-0.2, -0.15) is 13.2 Å². The monoisotopic (exact) mass is 299 g/mol. The predicted octanol–water partition coefficient (Wildman–Crippen LogP) is 3.15. The van der Waals surface area contributed by atoms with Gasteiger partial charge in [0.1, 0.15) is 12.0 Å². The van der Waals surface area contributed by atoms with E-state index < -0.39 is 12.8 Å². The van der Waals surface area contributed by atoms with E-state index in [0.717, 1.165) is 5.56 Å². The third-order valence-corrected chi connectivity index (χ3v) is 2.56. The van der Waals surface area contributed by atoms with Gasteiger partial charge in [0.05, 0.1) is 11.8 Å². The zero-order valence-electron chi connectivity index (χ0n) is 10.8. The van der Waals surface area contributed by atoms with Crippen LogP contribution < -0.4 is 10.1 Å². The number of amides is 1. The van der Waals surface area contributed by atoms with Gasteiger partial charge in [-0.25, -0.2) is 0 Å². The van der Waals surface area contributed by atoms with Crippen LogP contribution in [0.3, 0.4) is 0 Å². The van der Waals surface area contributed by atoms with Crippen LogP contribution in [0.4, 0.5) is 13.2 Å². The lowest BCUT2D eigenvalue weighted by Gasteiger charge is -2.09.